The van der Waals surface area contributed by atoms with Crippen molar-refractivity contribution in [3.8, 4) is 0 Å². The van der Waals surface area contributed by atoms with Crippen molar-refractivity contribution in [3.05, 3.63) is 52.1 Å². The second kappa shape index (κ2) is 9.53. The molecular formula is C22H23ClF4N4O3S. The predicted octanol–water partition coefficient (Wildman–Crippen LogP) is 3.74. The van der Waals surface area contributed by atoms with Crippen LogP contribution in [0.15, 0.2) is 24.5 Å². The second-order valence-electron chi connectivity index (χ2n) is 8.91. The van der Waals surface area contributed by atoms with Crippen LogP contribution in [0.3, 0.4) is 0 Å². The van der Waals surface area contributed by atoms with Gasteiger partial charge in [0.25, 0.3) is 0 Å². The molecule has 1 aliphatic carbocycles. The number of benzene rings is 1. The normalized spacial score (nSPS) is 20.8. The summed E-state index contributed by atoms with van der Waals surface area (Å²) < 4.78 is 79.3. The Kier molecular flexibility index (Phi) is 6.98. The highest BCUT2D eigenvalue weighted by Crippen LogP contribution is 2.38. The highest BCUT2D eigenvalue weighted by molar-refractivity contribution is 7.91. The largest absolute Gasteiger partial charge is 0.413 e. The fourth-order valence-electron chi connectivity index (χ4n) is 4.65. The molecular weight excluding hydrogens is 512 g/mol. The summed E-state index contributed by atoms with van der Waals surface area (Å²) in [5.74, 6) is -2.43. The molecule has 0 radical (unpaired) electrons. The number of hydrogen-bond acceptors (Lipinski definition) is 6. The number of carbonyl (C=O) groups excluding carboxylic acids is 1. The molecule has 2 heterocycles. The first-order chi connectivity index (χ1) is 16.4. The summed E-state index contributed by atoms with van der Waals surface area (Å²) in [6.07, 6.45) is -2.01. The van der Waals surface area contributed by atoms with Gasteiger partial charge >= 0.3 is 6.18 Å². The smallest absolute Gasteiger partial charge is 0.351 e. The minimum absolute atomic E-state index is 0.00890. The fourth-order valence-corrected chi connectivity index (χ4v) is 6.32. The second-order valence-corrected chi connectivity index (χ2v) is 11.6. The molecule has 0 spiro atoms. The third-order valence-corrected chi connectivity index (χ3v) is 8.49. The summed E-state index contributed by atoms with van der Waals surface area (Å²) in [6, 6.07) is 0.670. The van der Waals surface area contributed by atoms with Crippen molar-refractivity contribution in [2.75, 3.05) is 23.9 Å². The zero-order valence-electron chi connectivity index (χ0n) is 18.6. The molecule has 190 valence electrons. The third kappa shape index (κ3) is 5.53. The van der Waals surface area contributed by atoms with Gasteiger partial charge in [0.1, 0.15) is 15.7 Å². The molecule has 1 amide bonds. The van der Waals surface area contributed by atoms with Crippen LogP contribution in [0.5, 0.6) is 0 Å². The average molecular weight is 535 g/mol. The fraction of sp³-hybridized carbons (Fsp3) is 0.500. The summed E-state index contributed by atoms with van der Waals surface area (Å²) in [4.78, 5) is 21.3. The maximum Gasteiger partial charge on any atom is 0.413 e. The minimum atomic E-state index is -4.80. The van der Waals surface area contributed by atoms with Gasteiger partial charge in [0.2, 0.25) is 11.9 Å². The van der Waals surface area contributed by atoms with Crippen molar-refractivity contribution >= 4 is 33.3 Å². The summed E-state index contributed by atoms with van der Waals surface area (Å²) in [5, 5.41) is 3.02. The average Bonchev–Trinajstić information content (AvgIpc) is 3.19. The number of halogens is 5. The Balaban J connectivity index is 1.46. The van der Waals surface area contributed by atoms with Crippen LogP contribution < -0.4 is 5.32 Å². The van der Waals surface area contributed by atoms with Gasteiger partial charge in [-0.15, -0.1) is 0 Å². The standard InChI is InChI=1S/C22H23ClF4N4O3S/c1-31(20(32)12-4-6-35(33,34)7-5-12)19(22(25,26)27)14-10-28-21(29-11-14)30-15-8-13-2-3-17(23)18(24)16(13)9-15/h2-3,10-12,15,19H,4-9H2,1H3,(H,28,29,30). The number of nitrogens with zero attached hydrogens (tertiary/aromatic N) is 3. The van der Waals surface area contributed by atoms with E-state index >= 15 is 0 Å². The summed E-state index contributed by atoms with van der Waals surface area (Å²) in [6.45, 7) is 0. The van der Waals surface area contributed by atoms with Crippen LogP contribution in [0.2, 0.25) is 5.02 Å². The Hall–Kier alpha value is -2.47. The number of aromatic nitrogens is 2. The first-order valence-corrected chi connectivity index (χ1v) is 13.1. The highest BCUT2D eigenvalue weighted by atomic mass is 35.5. The Morgan fingerprint density at radius 3 is 2.40 bits per heavy atom. The molecule has 13 heteroatoms. The molecule has 1 fully saturated rings. The first-order valence-electron chi connectivity index (χ1n) is 10.9. The van der Waals surface area contributed by atoms with Crippen LogP contribution in [0, 0.1) is 11.7 Å². The van der Waals surface area contributed by atoms with E-state index in [1.807, 2.05) is 0 Å². The van der Waals surface area contributed by atoms with Crippen molar-refractivity contribution < 1.29 is 30.8 Å². The van der Waals surface area contributed by atoms with Crippen LogP contribution in [0.1, 0.15) is 35.6 Å². The summed E-state index contributed by atoms with van der Waals surface area (Å²) in [7, 11) is -2.21. The van der Waals surface area contributed by atoms with Gasteiger partial charge in [-0.1, -0.05) is 17.7 Å². The lowest BCUT2D eigenvalue weighted by Crippen LogP contribution is -2.44. The molecule has 2 aromatic rings. The van der Waals surface area contributed by atoms with Gasteiger partial charge in [-0.3, -0.25) is 4.79 Å². The molecule has 4 rings (SSSR count). The predicted molar refractivity (Wildman–Crippen MR) is 121 cm³/mol. The van der Waals surface area contributed by atoms with Crippen molar-refractivity contribution in [1.82, 2.24) is 14.9 Å². The van der Waals surface area contributed by atoms with Crippen molar-refractivity contribution in [1.29, 1.82) is 0 Å². The minimum Gasteiger partial charge on any atom is -0.351 e. The van der Waals surface area contributed by atoms with Gasteiger partial charge in [0.05, 0.1) is 16.5 Å². The van der Waals surface area contributed by atoms with E-state index in [0.717, 1.165) is 25.0 Å². The van der Waals surface area contributed by atoms with Gasteiger partial charge < -0.3 is 10.2 Å². The Morgan fingerprint density at radius 2 is 1.80 bits per heavy atom. The Labute approximate surface area is 204 Å². The SMILES string of the molecule is CN(C(=O)C1CCS(=O)(=O)CC1)C(c1cnc(NC2Cc3ccc(Cl)c(F)c3C2)nc1)C(F)(F)F. The maximum absolute atomic E-state index is 14.2. The number of sulfone groups is 1. The number of anilines is 1. The summed E-state index contributed by atoms with van der Waals surface area (Å²) in [5.41, 5.74) is 0.947. The molecule has 1 aromatic carbocycles. The van der Waals surface area contributed by atoms with Crippen molar-refractivity contribution in [2.45, 2.75) is 43.9 Å². The van der Waals surface area contributed by atoms with Crippen LogP contribution >= 0.6 is 11.6 Å². The molecule has 0 bridgehead atoms. The molecule has 1 aliphatic heterocycles. The molecule has 2 aliphatic rings. The number of rotatable bonds is 5. The van der Waals surface area contributed by atoms with Crippen molar-refractivity contribution in [3.63, 3.8) is 0 Å². The van der Waals surface area contributed by atoms with E-state index in [-0.39, 0.29) is 46.9 Å². The lowest BCUT2D eigenvalue weighted by Gasteiger charge is -2.33. The molecule has 7 nitrogen and oxygen atoms in total. The molecule has 1 N–H and O–H groups in total. The number of fused-ring (bicyclic) bond motifs is 1. The number of hydrogen-bond donors (Lipinski definition) is 1. The lowest BCUT2D eigenvalue weighted by atomic mass is 9.99. The van der Waals surface area contributed by atoms with Crippen LogP contribution in [0.4, 0.5) is 23.5 Å². The van der Waals surface area contributed by atoms with Gasteiger partial charge in [0, 0.05) is 37.0 Å². The third-order valence-electron chi connectivity index (χ3n) is 6.48. The highest BCUT2D eigenvalue weighted by Gasteiger charge is 2.47. The lowest BCUT2D eigenvalue weighted by molar-refractivity contribution is -0.190. The number of carbonyl (C=O) groups is 1. The van der Waals surface area contributed by atoms with E-state index in [2.05, 4.69) is 15.3 Å². The number of alkyl halides is 3. The van der Waals surface area contributed by atoms with E-state index in [1.165, 1.54) is 6.07 Å². The van der Waals surface area contributed by atoms with Gasteiger partial charge in [-0.2, -0.15) is 13.2 Å². The zero-order chi connectivity index (χ0) is 25.5. The van der Waals surface area contributed by atoms with E-state index in [4.69, 9.17) is 11.6 Å². The molecule has 2 atom stereocenters. The van der Waals surface area contributed by atoms with Gasteiger partial charge in [0.15, 0.2) is 6.04 Å². The zero-order valence-corrected chi connectivity index (χ0v) is 20.2. The van der Waals surface area contributed by atoms with Crippen LogP contribution in [0.25, 0.3) is 0 Å². The Morgan fingerprint density at radius 1 is 1.17 bits per heavy atom. The number of nitrogens with one attached hydrogen (secondary N) is 1. The van der Waals surface area contributed by atoms with Crippen molar-refractivity contribution in [2.24, 2.45) is 5.92 Å². The van der Waals surface area contributed by atoms with Crippen LogP contribution in [-0.2, 0) is 27.5 Å². The quantitative estimate of drug-likeness (QED) is 0.588. The molecule has 0 saturated carbocycles. The van der Waals surface area contributed by atoms with E-state index in [1.54, 1.807) is 6.07 Å². The molecule has 1 saturated heterocycles. The monoisotopic (exact) mass is 534 g/mol. The first kappa shape index (κ1) is 25.6. The Bertz CT molecular complexity index is 1210. The molecule has 2 unspecified atom stereocenters. The topological polar surface area (TPSA) is 92.3 Å². The van der Waals surface area contributed by atoms with E-state index < -0.39 is 39.7 Å². The maximum atomic E-state index is 14.2. The van der Waals surface area contributed by atoms with Crippen LogP contribution in [-0.4, -0.2) is 60.0 Å². The molecule has 1 aromatic heterocycles. The summed E-state index contributed by atoms with van der Waals surface area (Å²) >= 11 is 5.83. The molecule has 35 heavy (non-hydrogen) atoms. The van der Waals surface area contributed by atoms with E-state index in [9.17, 15) is 30.8 Å². The van der Waals surface area contributed by atoms with E-state index in [0.29, 0.717) is 23.3 Å². The number of amides is 1. The van der Waals surface area contributed by atoms with Gasteiger partial charge in [-0.05, 0) is 42.9 Å². The van der Waals surface area contributed by atoms with Gasteiger partial charge in [-0.25, -0.2) is 22.8 Å².